The third-order valence-corrected chi connectivity index (χ3v) is 8.57. The zero-order chi connectivity index (χ0) is 31.1. The molecule has 1 heterocycles. The lowest BCUT2D eigenvalue weighted by molar-refractivity contribution is -0.137. The highest BCUT2D eigenvalue weighted by atomic mass is 32.2. The van der Waals surface area contributed by atoms with E-state index in [-0.39, 0.29) is 26.2 Å². The molecule has 0 aromatic heterocycles. The quantitative estimate of drug-likeness (QED) is 0.372. The summed E-state index contributed by atoms with van der Waals surface area (Å²) < 4.78 is 67.2. The minimum absolute atomic E-state index is 0.0835. The van der Waals surface area contributed by atoms with Crippen LogP contribution in [0.1, 0.15) is 36.5 Å². The Bertz CT molecular complexity index is 1440. The Hall–Kier alpha value is -4.10. The lowest BCUT2D eigenvalue weighted by Gasteiger charge is -2.39. The second-order valence-electron chi connectivity index (χ2n) is 9.86. The number of hydrogen-bond donors (Lipinski definition) is 3. The van der Waals surface area contributed by atoms with Gasteiger partial charge in [0.05, 0.1) is 10.5 Å². The molecule has 0 saturated carbocycles. The number of alkyl halides is 3. The van der Waals surface area contributed by atoms with Crippen LogP contribution in [0.25, 0.3) is 0 Å². The van der Waals surface area contributed by atoms with Crippen LogP contribution in [0, 0.1) is 0 Å². The van der Waals surface area contributed by atoms with Crippen LogP contribution in [0.15, 0.2) is 90.1 Å². The predicted molar refractivity (Wildman–Crippen MR) is 153 cm³/mol. The fourth-order valence-corrected chi connectivity index (χ4v) is 5.87. The van der Waals surface area contributed by atoms with Gasteiger partial charge in [0, 0.05) is 31.9 Å². The summed E-state index contributed by atoms with van der Waals surface area (Å²) >= 11 is 0. The molecule has 1 atom stereocenters. The molecular weight excluding hydrogens is 571 g/mol. The second-order valence-corrected chi connectivity index (χ2v) is 11.8. The molecule has 0 aliphatic carbocycles. The largest absolute Gasteiger partial charge is 0.416 e. The number of halogens is 3. The maximum Gasteiger partial charge on any atom is 0.416 e. The van der Waals surface area contributed by atoms with E-state index in [4.69, 9.17) is 5.73 Å². The molecule has 0 radical (unpaired) electrons. The smallest absolute Gasteiger partial charge is 0.405 e. The van der Waals surface area contributed by atoms with Crippen LogP contribution in [0.4, 0.5) is 18.0 Å². The predicted octanol–water partition coefficient (Wildman–Crippen LogP) is 4.07. The minimum atomic E-state index is -4.64. The summed E-state index contributed by atoms with van der Waals surface area (Å²) in [5.74, 6) is -0.348. The molecule has 2 aromatic rings. The van der Waals surface area contributed by atoms with Crippen LogP contribution in [-0.4, -0.2) is 55.2 Å². The van der Waals surface area contributed by atoms with Gasteiger partial charge < -0.3 is 21.3 Å². The highest BCUT2D eigenvalue weighted by Gasteiger charge is 2.41. The van der Waals surface area contributed by atoms with Gasteiger partial charge in [0.1, 0.15) is 6.04 Å². The summed E-state index contributed by atoms with van der Waals surface area (Å²) in [7, 11) is -4.41. The number of carbonyl (C=O) groups is 2. The van der Waals surface area contributed by atoms with E-state index in [2.05, 4.69) is 31.1 Å². The van der Waals surface area contributed by atoms with Gasteiger partial charge in [-0.1, -0.05) is 50.8 Å². The monoisotopic (exact) mass is 605 g/mol. The molecule has 42 heavy (non-hydrogen) atoms. The molecule has 3 rings (SSSR count). The molecule has 9 nitrogen and oxygen atoms in total. The number of nitrogens with two attached hydrogens (primary N) is 1. The summed E-state index contributed by atoms with van der Waals surface area (Å²) in [4.78, 5) is 27.3. The Kier molecular flexibility index (Phi) is 10.6. The first kappa shape index (κ1) is 32.4. The van der Waals surface area contributed by atoms with E-state index in [0.29, 0.717) is 23.7 Å². The third-order valence-electron chi connectivity index (χ3n) is 6.65. The van der Waals surface area contributed by atoms with Crippen LogP contribution < -0.4 is 16.4 Å². The first-order valence-electron chi connectivity index (χ1n) is 13.1. The number of benzene rings is 2. The maximum atomic E-state index is 13.6. The number of nitrogens with zero attached hydrogens (tertiary/aromatic N) is 2. The first-order chi connectivity index (χ1) is 19.8. The van der Waals surface area contributed by atoms with Gasteiger partial charge in [-0.25, -0.2) is 13.2 Å². The van der Waals surface area contributed by atoms with Gasteiger partial charge in [0.2, 0.25) is 15.9 Å². The minimum Gasteiger partial charge on any atom is -0.405 e. The standard InChI is InChI=1S/C29H34F3N5O4S/c1-4-5-24(14-15-33)35-28(39)36-16-17-37(42(40,41)25-12-10-23(11-13-25)29(30,31)32)26(19-36)27(38)34-18-21-6-8-22(9-7-21)20(2)3/h4-15,20,26H,1,16-19,33H2,2-3H3,(H,34,38)(H,35,39)/b15-14-,24-5+/t26-/m1/s1. The normalized spacial score (nSPS) is 17.0. The Morgan fingerprint density at radius 3 is 2.29 bits per heavy atom. The van der Waals surface area contributed by atoms with Crippen molar-refractivity contribution in [3.05, 3.63) is 102 Å². The van der Waals surface area contributed by atoms with Crippen LogP contribution in [0.3, 0.4) is 0 Å². The molecule has 0 bridgehead atoms. The molecule has 3 amide bonds. The number of allylic oxidation sites excluding steroid dienone is 3. The Balaban J connectivity index is 1.87. The fraction of sp³-hybridized carbons (Fsp3) is 0.310. The van der Waals surface area contributed by atoms with Crippen molar-refractivity contribution in [2.24, 2.45) is 5.73 Å². The van der Waals surface area contributed by atoms with Crippen molar-refractivity contribution in [3.8, 4) is 0 Å². The SMILES string of the molecule is C=C/C=C(\C=C/N)NC(=O)N1CCN(S(=O)(=O)c2ccc(C(F)(F)F)cc2)[C@@H](C(=O)NCc2ccc(C(C)C)cc2)C1. The summed E-state index contributed by atoms with van der Waals surface area (Å²) in [6.45, 7) is 7.11. The Labute approximate surface area is 243 Å². The number of rotatable bonds is 9. The molecule has 0 unspecified atom stereocenters. The van der Waals surface area contributed by atoms with E-state index in [1.54, 1.807) is 0 Å². The van der Waals surface area contributed by atoms with Gasteiger partial charge in [-0.15, -0.1) is 0 Å². The molecule has 13 heteroatoms. The van der Waals surface area contributed by atoms with Crippen molar-refractivity contribution in [1.82, 2.24) is 19.8 Å². The highest BCUT2D eigenvalue weighted by Crippen LogP contribution is 2.31. The second kappa shape index (κ2) is 13.7. The van der Waals surface area contributed by atoms with Crippen LogP contribution in [0.5, 0.6) is 0 Å². The maximum absolute atomic E-state index is 13.6. The van der Waals surface area contributed by atoms with Crippen molar-refractivity contribution < 1.29 is 31.2 Å². The number of piperazine rings is 1. The number of sulfonamides is 1. The fourth-order valence-electron chi connectivity index (χ4n) is 4.30. The zero-order valence-electron chi connectivity index (χ0n) is 23.3. The third kappa shape index (κ3) is 8.01. The van der Waals surface area contributed by atoms with Crippen LogP contribution >= 0.6 is 0 Å². The molecule has 1 fully saturated rings. The molecule has 1 aliphatic heterocycles. The lowest BCUT2D eigenvalue weighted by Crippen LogP contribution is -2.62. The van der Waals surface area contributed by atoms with Crippen molar-refractivity contribution >= 4 is 22.0 Å². The lowest BCUT2D eigenvalue weighted by atomic mass is 10.0. The molecule has 0 spiro atoms. The molecule has 1 saturated heterocycles. The molecular formula is C29H34F3N5O4S. The van der Waals surface area contributed by atoms with E-state index >= 15 is 0 Å². The van der Waals surface area contributed by atoms with Gasteiger partial charge in [-0.3, -0.25) is 4.79 Å². The van der Waals surface area contributed by atoms with E-state index in [1.165, 1.54) is 29.3 Å². The van der Waals surface area contributed by atoms with Crippen molar-refractivity contribution in [2.75, 3.05) is 19.6 Å². The Morgan fingerprint density at radius 1 is 1.10 bits per heavy atom. The average Bonchev–Trinajstić information content (AvgIpc) is 2.95. The van der Waals surface area contributed by atoms with Crippen LogP contribution in [-0.2, 0) is 27.5 Å². The summed E-state index contributed by atoms with van der Waals surface area (Å²) in [6.07, 6.45) is 0.943. The van der Waals surface area contributed by atoms with Crippen LogP contribution in [0.2, 0.25) is 0 Å². The van der Waals surface area contributed by atoms with Crippen molar-refractivity contribution in [2.45, 2.75) is 43.4 Å². The van der Waals surface area contributed by atoms with E-state index in [0.717, 1.165) is 27.6 Å². The number of urea groups is 1. The van der Waals surface area contributed by atoms with E-state index in [1.807, 2.05) is 24.3 Å². The van der Waals surface area contributed by atoms with Crippen molar-refractivity contribution in [3.63, 3.8) is 0 Å². The van der Waals surface area contributed by atoms with Gasteiger partial charge in [0.15, 0.2) is 0 Å². The van der Waals surface area contributed by atoms with Gasteiger partial charge in [-0.2, -0.15) is 17.5 Å². The van der Waals surface area contributed by atoms with Gasteiger partial charge in [0.25, 0.3) is 0 Å². The zero-order valence-corrected chi connectivity index (χ0v) is 24.1. The number of carbonyl (C=O) groups excluding carboxylic acids is 2. The topological polar surface area (TPSA) is 125 Å². The van der Waals surface area contributed by atoms with Gasteiger partial charge in [-0.05, 0) is 59.7 Å². The van der Waals surface area contributed by atoms with Crippen molar-refractivity contribution in [1.29, 1.82) is 0 Å². The van der Waals surface area contributed by atoms with Gasteiger partial charge >= 0.3 is 12.2 Å². The molecule has 4 N–H and O–H groups in total. The molecule has 2 aromatic carbocycles. The number of amides is 3. The molecule has 1 aliphatic rings. The average molecular weight is 606 g/mol. The molecule has 226 valence electrons. The summed E-state index contributed by atoms with van der Waals surface area (Å²) in [5, 5.41) is 5.37. The highest BCUT2D eigenvalue weighted by molar-refractivity contribution is 7.89. The number of nitrogens with one attached hydrogen (secondary N) is 2. The number of hydrogen-bond acceptors (Lipinski definition) is 5. The summed E-state index contributed by atoms with van der Waals surface area (Å²) in [6, 6.07) is 8.67. The van der Waals surface area contributed by atoms with E-state index in [9.17, 15) is 31.2 Å². The Morgan fingerprint density at radius 2 is 1.74 bits per heavy atom. The summed E-state index contributed by atoms with van der Waals surface area (Å²) in [5.41, 5.74) is 6.64. The first-order valence-corrected chi connectivity index (χ1v) is 14.5. The van der Waals surface area contributed by atoms with E-state index < -0.39 is 44.6 Å².